The number of esters is 1. The molecule has 3 heterocycles. The van der Waals surface area contributed by atoms with E-state index in [4.69, 9.17) is 13.9 Å². The maximum absolute atomic E-state index is 13.0. The van der Waals surface area contributed by atoms with Crippen LogP contribution in [-0.2, 0) is 29.2 Å². The molecule has 1 atom stereocenters. The van der Waals surface area contributed by atoms with Crippen molar-refractivity contribution >= 4 is 16.9 Å². The number of carbonyl (C=O) groups excluding carboxylic acids is 1. The van der Waals surface area contributed by atoms with Gasteiger partial charge in [-0.3, -0.25) is 14.5 Å². The van der Waals surface area contributed by atoms with E-state index < -0.39 is 5.97 Å². The van der Waals surface area contributed by atoms with Crippen LogP contribution in [0.5, 0.6) is 5.75 Å². The highest BCUT2D eigenvalue weighted by Gasteiger charge is 2.31. The summed E-state index contributed by atoms with van der Waals surface area (Å²) in [7, 11) is 1.60. The van der Waals surface area contributed by atoms with E-state index in [1.54, 1.807) is 26.4 Å². The summed E-state index contributed by atoms with van der Waals surface area (Å²) in [6.07, 6.45) is 1.61. The number of benzene rings is 1. The third kappa shape index (κ3) is 5.62. The number of H-pyrrole nitrogens is 1. The van der Waals surface area contributed by atoms with Crippen LogP contribution in [0, 0.1) is 5.92 Å². The SMILES string of the molecule is CCOC(=O)Cn1nnnc1[C@H](C(C)C)N(Cc1ccco1)Cc1cc2cc(OC)ccc2[nH]c1=O. The second kappa shape index (κ2) is 11.2. The van der Waals surface area contributed by atoms with Gasteiger partial charge in [0.2, 0.25) is 0 Å². The van der Waals surface area contributed by atoms with Gasteiger partial charge in [-0.1, -0.05) is 13.8 Å². The molecule has 11 heteroatoms. The summed E-state index contributed by atoms with van der Waals surface area (Å²) in [6, 6.07) is 10.7. The van der Waals surface area contributed by atoms with Gasteiger partial charge >= 0.3 is 5.97 Å². The van der Waals surface area contributed by atoms with Gasteiger partial charge in [0.15, 0.2) is 5.82 Å². The number of methoxy groups -OCH3 is 1. The van der Waals surface area contributed by atoms with Gasteiger partial charge in [0.05, 0.1) is 32.6 Å². The second-order valence-electron chi connectivity index (χ2n) is 8.75. The van der Waals surface area contributed by atoms with Crippen molar-refractivity contribution in [2.24, 2.45) is 5.92 Å². The monoisotopic (exact) mass is 494 g/mol. The summed E-state index contributed by atoms with van der Waals surface area (Å²) in [6.45, 7) is 6.68. The standard InChI is InChI=1S/C25H30N6O5/c1-5-35-22(32)15-31-24(27-28-29-31)23(16(2)3)30(14-20-7-6-10-36-20)13-18-11-17-12-19(34-4)8-9-21(17)26-25(18)33/h6-12,16,23H,5,13-15H2,1-4H3,(H,26,33)/t23-/m0/s1. The number of furan rings is 1. The molecule has 0 aliphatic heterocycles. The van der Waals surface area contributed by atoms with Crippen molar-refractivity contribution in [3.63, 3.8) is 0 Å². The highest BCUT2D eigenvalue weighted by atomic mass is 16.5. The first-order chi connectivity index (χ1) is 17.4. The summed E-state index contributed by atoms with van der Waals surface area (Å²) >= 11 is 0. The lowest BCUT2D eigenvalue weighted by atomic mass is 10.00. The Balaban J connectivity index is 1.74. The van der Waals surface area contributed by atoms with Gasteiger partial charge < -0.3 is 18.9 Å². The highest BCUT2D eigenvalue weighted by Crippen LogP contribution is 2.30. The Kier molecular flexibility index (Phi) is 7.79. The summed E-state index contributed by atoms with van der Waals surface area (Å²) < 4.78 is 17.5. The van der Waals surface area contributed by atoms with Gasteiger partial charge in [-0.15, -0.1) is 5.10 Å². The molecule has 0 saturated heterocycles. The van der Waals surface area contributed by atoms with Crippen molar-refractivity contribution in [1.29, 1.82) is 0 Å². The molecule has 11 nitrogen and oxygen atoms in total. The van der Waals surface area contributed by atoms with Gasteiger partial charge in [0.1, 0.15) is 18.1 Å². The van der Waals surface area contributed by atoms with Gasteiger partial charge in [-0.2, -0.15) is 0 Å². The molecule has 0 bridgehead atoms. The number of aromatic nitrogens is 5. The van der Waals surface area contributed by atoms with Crippen molar-refractivity contribution in [3.05, 3.63) is 70.2 Å². The fourth-order valence-electron chi connectivity index (χ4n) is 4.30. The summed E-state index contributed by atoms with van der Waals surface area (Å²) in [5.74, 6) is 1.54. The van der Waals surface area contributed by atoms with Crippen LogP contribution in [0.2, 0.25) is 0 Å². The minimum atomic E-state index is -0.425. The minimum absolute atomic E-state index is 0.0338. The largest absolute Gasteiger partial charge is 0.497 e. The number of rotatable bonds is 11. The van der Waals surface area contributed by atoms with Crippen LogP contribution in [-0.4, -0.2) is 49.8 Å². The van der Waals surface area contributed by atoms with Crippen LogP contribution in [0.1, 0.15) is 44.0 Å². The van der Waals surface area contributed by atoms with Gasteiger partial charge in [0, 0.05) is 23.0 Å². The Morgan fingerprint density at radius 3 is 2.75 bits per heavy atom. The van der Waals surface area contributed by atoms with E-state index in [-0.39, 0.29) is 37.2 Å². The van der Waals surface area contributed by atoms with E-state index in [1.807, 2.05) is 44.2 Å². The second-order valence-corrected chi connectivity index (χ2v) is 8.75. The molecular weight excluding hydrogens is 464 g/mol. The lowest BCUT2D eigenvalue weighted by molar-refractivity contribution is -0.144. The summed E-state index contributed by atoms with van der Waals surface area (Å²) in [5, 5.41) is 13.0. The number of carbonyl (C=O) groups is 1. The molecule has 4 aromatic rings. The van der Waals surface area contributed by atoms with Crippen LogP contribution in [0.4, 0.5) is 0 Å². The highest BCUT2D eigenvalue weighted by molar-refractivity contribution is 5.80. The Morgan fingerprint density at radius 2 is 2.06 bits per heavy atom. The maximum Gasteiger partial charge on any atom is 0.327 e. The number of nitrogens with zero attached hydrogens (tertiary/aromatic N) is 5. The van der Waals surface area contributed by atoms with Crippen LogP contribution in [0.25, 0.3) is 10.9 Å². The molecule has 190 valence electrons. The van der Waals surface area contributed by atoms with Crippen LogP contribution >= 0.6 is 0 Å². The zero-order valence-corrected chi connectivity index (χ0v) is 20.8. The number of tetrazole rings is 1. The summed E-state index contributed by atoms with van der Waals surface area (Å²) in [5.41, 5.74) is 1.10. The molecule has 0 aliphatic rings. The molecule has 0 unspecified atom stereocenters. The maximum atomic E-state index is 13.0. The molecule has 0 saturated carbocycles. The first-order valence-corrected chi connectivity index (χ1v) is 11.8. The minimum Gasteiger partial charge on any atom is -0.497 e. The molecule has 0 radical (unpaired) electrons. The fraction of sp³-hybridized carbons (Fsp3) is 0.400. The molecule has 0 spiro atoms. The fourth-order valence-corrected chi connectivity index (χ4v) is 4.30. The molecule has 1 N–H and O–H groups in total. The van der Waals surface area contributed by atoms with Crippen molar-refractivity contribution < 1.29 is 18.7 Å². The van der Waals surface area contributed by atoms with Gasteiger partial charge in [-0.05, 0) is 59.7 Å². The topological polar surface area (TPSA) is 128 Å². The van der Waals surface area contributed by atoms with E-state index >= 15 is 0 Å². The third-order valence-electron chi connectivity index (χ3n) is 5.87. The lowest BCUT2D eigenvalue weighted by Crippen LogP contribution is -2.35. The van der Waals surface area contributed by atoms with Gasteiger partial charge in [0.25, 0.3) is 5.56 Å². The van der Waals surface area contributed by atoms with E-state index in [2.05, 4.69) is 25.4 Å². The smallest absolute Gasteiger partial charge is 0.327 e. The molecule has 0 amide bonds. The predicted octanol–water partition coefficient (Wildman–Crippen LogP) is 3.08. The number of fused-ring (bicyclic) bond motifs is 1. The van der Waals surface area contributed by atoms with E-state index in [0.717, 1.165) is 16.7 Å². The Labute approximate surface area is 208 Å². The Bertz CT molecular complexity index is 1360. The predicted molar refractivity (Wildman–Crippen MR) is 131 cm³/mol. The van der Waals surface area contributed by atoms with E-state index in [9.17, 15) is 9.59 Å². The summed E-state index contributed by atoms with van der Waals surface area (Å²) in [4.78, 5) is 30.3. The van der Waals surface area contributed by atoms with Crippen molar-refractivity contribution in [1.82, 2.24) is 30.1 Å². The first kappa shape index (κ1) is 25.1. The number of pyridine rings is 1. The van der Waals surface area contributed by atoms with Crippen LogP contribution in [0.15, 0.2) is 51.9 Å². The quantitative estimate of drug-likeness (QED) is 0.313. The molecule has 4 rings (SSSR count). The van der Waals surface area contributed by atoms with Crippen molar-refractivity contribution in [2.45, 2.75) is 46.4 Å². The average Bonchev–Trinajstić information content (AvgIpc) is 3.52. The van der Waals surface area contributed by atoms with E-state index in [1.165, 1.54) is 4.68 Å². The van der Waals surface area contributed by atoms with Crippen LogP contribution in [0.3, 0.4) is 0 Å². The Morgan fingerprint density at radius 1 is 1.22 bits per heavy atom. The normalized spacial score (nSPS) is 12.4. The Hall–Kier alpha value is -3.99. The number of aromatic amines is 1. The van der Waals surface area contributed by atoms with E-state index in [0.29, 0.717) is 23.7 Å². The number of hydrogen-bond donors (Lipinski definition) is 1. The lowest BCUT2D eigenvalue weighted by Gasteiger charge is -2.32. The van der Waals surface area contributed by atoms with Crippen LogP contribution < -0.4 is 10.3 Å². The zero-order valence-electron chi connectivity index (χ0n) is 20.8. The molecule has 1 aromatic carbocycles. The van der Waals surface area contributed by atoms with Gasteiger partial charge in [-0.25, -0.2) is 4.68 Å². The number of ether oxygens (including phenoxy) is 2. The van der Waals surface area contributed by atoms with Crippen molar-refractivity contribution in [3.8, 4) is 5.75 Å². The molecule has 0 fully saturated rings. The molecule has 0 aliphatic carbocycles. The number of hydrogen-bond acceptors (Lipinski definition) is 9. The molecule has 36 heavy (non-hydrogen) atoms. The first-order valence-electron chi connectivity index (χ1n) is 11.8. The molecular formula is C25H30N6O5. The van der Waals surface area contributed by atoms with Crippen molar-refractivity contribution in [2.75, 3.05) is 13.7 Å². The third-order valence-corrected chi connectivity index (χ3v) is 5.87. The average molecular weight is 495 g/mol. The number of nitrogens with one attached hydrogen (secondary N) is 1. The zero-order chi connectivity index (χ0) is 25.7. The molecule has 3 aromatic heterocycles.